The number of hydrogen-bond acceptors (Lipinski definition) is 4. The van der Waals surface area contributed by atoms with Gasteiger partial charge in [-0.2, -0.15) is 0 Å². The Morgan fingerprint density at radius 2 is 1.54 bits per heavy atom. The van der Waals surface area contributed by atoms with Gasteiger partial charge in [-0.3, -0.25) is 9.59 Å². The Balaban J connectivity index is 1.48. The molecule has 0 bridgehead atoms. The average Bonchev–Trinajstić information content (AvgIpc) is 2.77. The van der Waals surface area contributed by atoms with Gasteiger partial charge in [0.15, 0.2) is 0 Å². The van der Waals surface area contributed by atoms with Gasteiger partial charge < -0.3 is 19.7 Å². The molecule has 1 aliphatic rings. The molecule has 3 rings (SSSR count). The van der Waals surface area contributed by atoms with E-state index in [0.29, 0.717) is 48.2 Å². The SMILES string of the molecule is COc1cccc(C(=O)NCC2CCN(C(=O)c3cccc(OC)c3)CC2)c1. The highest BCUT2D eigenvalue weighted by Gasteiger charge is 2.24. The molecule has 0 radical (unpaired) electrons. The van der Waals surface area contributed by atoms with E-state index < -0.39 is 0 Å². The number of piperidine rings is 1. The summed E-state index contributed by atoms with van der Waals surface area (Å²) in [6.45, 7) is 1.99. The number of ether oxygens (including phenoxy) is 2. The minimum atomic E-state index is -0.103. The van der Waals surface area contributed by atoms with Gasteiger partial charge in [0.25, 0.3) is 11.8 Å². The van der Waals surface area contributed by atoms with Crippen molar-refractivity contribution in [3.8, 4) is 11.5 Å². The molecule has 1 N–H and O–H groups in total. The lowest BCUT2D eigenvalue weighted by molar-refractivity contribution is 0.0684. The summed E-state index contributed by atoms with van der Waals surface area (Å²) in [5.74, 6) is 1.63. The maximum atomic E-state index is 12.7. The fraction of sp³-hybridized carbons (Fsp3) is 0.364. The molecule has 2 aromatic carbocycles. The summed E-state index contributed by atoms with van der Waals surface area (Å²) in [6, 6.07) is 14.3. The van der Waals surface area contributed by atoms with Crippen LogP contribution < -0.4 is 14.8 Å². The number of benzene rings is 2. The number of nitrogens with one attached hydrogen (secondary N) is 1. The first kappa shape index (κ1) is 19.7. The highest BCUT2D eigenvalue weighted by Crippen LogP contribution is 2.21. The van der Waals surface area contributed by atoms with Gasteiger partial charge >= 0.3 is 0 Å². The lowest BCUT2D eigenvalue weighted by Crippen LogP contribution is -2.41. The Hall–Kier alpha value is -3.02. The fourth-order valence-electron chi connectivity index (χ4n) is 3.38. The van der Waals surface area contributed by atoms with Gasteiger partial charge in [-0.25, -0.2) is 0 Å². The average molecular weight is 382 g/mol. The van der Waals surface area contributed by atoms with E-state index in [-0.39, 0.29) is 11.8 Å². The van der Waals surface area contributed by atoms with Crippen LogP contribution in [0.1, 0.15) is 33.6 Å². The van der Waals surface area contributed by atoms with Crippen molar-refractivity contribution >= 4 is 11.8 Å². The molecule has 0 aromatic heterocycles. The van der Waals surface area contributed by atoms with Gasteiger partial charge in [0.05, 0.1) is 14.2 Å². The van der Waals surface area contributed by atoms with Crippen molar-refractivity contribution in [3.63, 3.8) is 0 Å². The largest absolute Gasteiger partial charge is 0.497 e. The van der Waals surface area contributed by atoms with Crippen molar-refractivity contribution < 1.29 is 19.1 Å². The Morgan fingerprint density at radius 3 is 2.14 bits per heavy atom. The van der Waals surface area contributed by atoms with Crippen molar-refractivity contribution in [2.75, 3.05) is 33.9 Å². The molecule has 1 fully saturated rings. The first-order valence-corrected chi connectivity index (χ1v) is 9.46. The topological polar surface area (TPSA) is 67.9 Å². The summed E-state index contributed by atoms with van der Waals surface area (Å²) in [6.07, 6.45) is 1.74. The Labute approximate surface area is 165 Å². The molecule has 0 spiro atoms. The standard InChI is InChI=1S/C22H26N2O4/c1-27-19-7-3-5-17(13-19)21(25)23-15-16-9-11-24(12-10-16)22(26)18-6-4-8-20(14-18)28-2/h3-8,13-14,16H,9-12,15H2,1-2H3,(H,23,25). The van der Waals surface area contributed by atoms with E-state index in [4.69, 9.17) is 9.47 Å². The molecular weight excluding hydrogens is 356 g/mol. The monoisotopic (exact) mass is 382 g/mol. The van der Waals surface area contributed by atoms with E-state index in [2.05, 4.69) is 5.32 Å². The third kappa shape index (κ3) is 4.82. The predicted octanol–water partition coefficient (Wildman–Crippen LogP) is 2.99. The third-order valence-electron chi connectivity index (χ3n) is 5.10. The predicted molar refractivity (Wildman–Crippen MR) is 107 cm³/mol. The van der Waals surface area contributed by atoms with Crippen LogP contribution in [0, 0.1) is 5.92 Å². The van der Waals surface area contributed by atoms with Crippen LogP contribution >= 0.6 is 0 Å². The second kappa shape index (κ2) is 9.26. The number of nitrogens with zero attached hydrogens (tertiary/aromatic N) is 1. The summed E-state index contributed by atoms with van der Waals surface area (Å²) >= 11 is 0. The molecule has 28 heavy (non-hydrogen) atoms. The van der Waals surface area contributed by atoms with Crippen LogP contribution in [0.4, 0.5) is 0 Å². The number of rotatable bonds is 6. The molecular formula is C22H26N2O4. The van der Waals surface area contributed by atoms with E-state index >= 15 is 0 Å². The van der Waals surface area contributed by atoms with Crippen LogP contribution in [-0.2, 0) is 0 Å². The Morgan fingerprint density at radius 1 is 0.964 bits per heavy atom. The van der Waals surface area contributed by atoms with E-state index in [9.17, 15) is 9.59 Å². The summed E-state index contributed by atoms with van der Waals surface area (Å²) in [7, 11) is 3.17. The second-order valence-electron chi connectivity index (χ2n) is 6.91. The lowest BCUT2D eigenvalue weighted by Gasteiger charge is -2.32. The minimum absolute atomic E-state index is 0.0257. The molecule has 0 saturated carbocycles. The van der Waals surface area contributed by atoms with Gasteiger partial charge in [-0.05, 0) is 55.2 Å². The first-order valence-electron chi connectivity index (χ1n) is 9.46. The van der Waals surface area contributed by atoms with Gasteiger partial charge in [-0.15, -0.1) is 0 Å². The maximum absolute atomic E-state index is 12.7. The molecule has 2 amide bonds. The summed E-state index contributed by atoms with van der Waals surface area (Å²) in [4.78, 5) is 26.9. The van der Waals surface area contributed by atoms with Gasteiger partial charge in [-0.1, -0.05) is 12.1 Å². The zero-order chi connectivity index (χ0) is 19.9. The quantitative estimate of drug-likeness (QED) is 0.834. The van der Waals surface area contributed by atoms with Crippen molar-refractivity contribution in [1.29, 1.82) is 0 Å². The maximum Gasteiger partial charge on any atom is 0.253 e. The lowest BCUT2D eigenvalue weighted by atomic mass is 9.96. The molecule has 1 aliphatic heterocycles. The van der Waals surface area contributed by atoms with Crippen molar-refractivity contribution in [3.05, 3.63) is 59.7 Å². The van der Waals surface area contributed by atoms with Gasteiger partial charge in [0.1, 0.15) is 11.5 Å². The number of methoxy groups -OCH3 is 2. The zero-order valence-electron chi connectivity index (χ0n) is 16.3. The van der Waals surface area contributed by atoms with Gasteiger partial charge in [0, 0.05) is 30.8 Å². The van der Waals surface area contributed by atoms with Crippen LogP contribution in [0.3, 0.4) is 0 Å². The summed E-state index contributed by atoms with van der Waals surface area (Å²) in [5, 5.41) is 3.00. The normalized spacial score (nSPS) is 14.4. The molecule has 0 aliphatic carbocycles. The van der Waals surface area contributed by atoms with E-state index in [1.165, 1.54) is 0 Å². The number of hydrogen-bond donors (Lipinski definition) is 1. The molecule has 0 unspecified atom stereocenters. The van der Waals surface area contributed by atoms with E-state index in [1.807, 2.05) is 29.2 Å². The molecule has 6 heteroatoms. The molecule has 148 valence electrons. The van der Waals surface area contributed by atoms with Crippen LogP contribution in [0.2, 0.25) is 0 Å². The Bertz CT molecular complexity index is 829. The molecule has 6 nitrogen and oxygen atoms in total. The third-order valence-corrected chi connectivity index (χ3v) is 5.10. The van der Waals surface area contributed by atoms with Gasteiger partial charge in [0.2, 0.25) is 0 Å². The van der Waals surface area contributed by atoms with E-state index in [1.54, 1.807) is 38.5 Å². The smallest absolute Gasteiger partial charge is 0.253 e. The number of likely N-dealkylation sites (tertiary alicyclic amines) is 1. The number of amides is 2. The van der Waals surface area contributed by atoms with Crippen molar-refractivity contribution in [2.45, 2.75) is 12.8 Å². The fourth-order valence-corrected chi connectivity index (χ4v) is 3.38. The second-order valence-corrected chi connectivity index (χ2v) is 6.91. The molecule has 2 aromatic rings. The molecule has 0 atom stereocenters. The van der Waals surface area contributed by atoms with Crippen LogP contribution in [0.25, 0.3) is 0 Å². The molecule has 1 saturated heterocycles. The Kier molecular flexibility index (Phi) is 6.53. The van der Waals surface area contributed by atoms with Crippen LogP contribution in [-0.4, -0.2) is 50.6 Å². The van der Waals surface area contributed by atoms with Crippen LogP contribution in [0.15, 0.2) is 48.5 Å². The molecule has 1 heterocycles. The number of carbonyl (C=O) groups excluding carboxylic acids is 2. The summed E-state index contributed by atoms with van der Waals surface area (Å²) < 4.78 is 10.4. The first-order chi connectivity index (χ1) is 13.6. The number of carbonyl (C=O) groups is 2. The summed E-state index contributed by atoms with van der Waals surface area (Å²) in [5.41, 5.74) is 1.23. The van der Waals surface area contributed by atoms with Crippen LogP contribution in [0.5, 0.6) is 11.5 Å². The highest BCUT2D eigenvalue weighted by molar-refractivity contribution is 5.95. The highest BCUT2D eigenvalue weighted by atomic mass is 16.5. The van der Waals surface area contributed by atoms with Crippen molar-refractivity contribution in [2.24, 2.45) is 5.92 Å². The zero-order valence-corrected chi connectivity index (χ0v) is 16.3. The van der Waals surface area contributed by atoms with E-state index in [0.717, 1.165) is 12.8 Å². The minimum Gasteiger partial charge on any atom is -0.497 e. The van der Waals surface area contributed by atoms with Crippen molar-refractivity contribution in [1.82, 2.24) is 10.2 Å².